The monoisotopic (exact) mass is 243 g/mol. The van der Waals surface area contributed by atoms with Gasteiger partial charge in [-0.1, -0.05) is 35.8 Å². The number of benzene rings is 1. The average molecular weight is 243 g/mol. The van der Waals surface area contributed by atoms with Crippen LogP contribution in [0, 0.1) is 0 Å². The van der Waals surface area contributed by atoms with Crippen LogP contribution in [0.4, 0.5) is 5.69 Å². The number of rotatable bonds is 3. The van der Waals surface area contributed by atoms with Crippen LogP contribution in [0.15, 0.2) is 41.5 Å². The van der Waals surface area contributed by atoms with E-state index in [2.05, 4.69) is 12.2 Å². The van der Waals surface area contributed by atoms with Gasteiger partial charge >= 0.3 is 0 Å². The molecule has 1 aromatic carbocycles. The fraction of sp³-hybridized carbons (Fsp3) is 0.438. The van der Waals surface area contributed by atoms with E-state index in [0.717, 1.165) is 5.69 Å². The summed E-state index contributed by atoms with van der Waals surface area (Å²) < 4.78 is 0. The van der Waals surface area contributed by atoms with Gasteiger partial charge in [-0.15, -0.1) is 0 Å². The Morgan fingerprint density at radius 2 is 1.78 bits per heavy atom. The fourth-order valence-electron chi connectivity index (χ4n) is 2.50. The highest BCUT2D eigenvalue weighted by Crippen LogP contribution is 2.26. The first-order valence-corrected chi connectivity index (χ1v) is 6.78. The molecule has 18 heavy (non-hydrogen) atoms. The van der Waals surface area contributed by atoms with Crippen molar-refractivity contribution in [3.05, 3.63) is 41.5 Å². The quantitative estimate of drug-likeness (QED) is 0.788. The van der Waals surface area contributed by atoms with E-state index in [1.165, 1.54) is 43.3 Å². The predicted molar refractivity (Wildman–Crippen MR) is 75.5 cm³/mol. The number of hydrogen-bond donors (Lipinski definition) is 1. The summed E-state index contributed by atoms with van der Waals surface area (Å²) in [5.74, 6) is 0.0942. The molecule has 0 spiro atoms. The number of anilines is 1. The molecule has 1 amide bonds. The molecule has 2 heteroatoms. The largest absolute Gasteiger partial charge is 0.326 e. The molecular weight excluding hydrogens is 222 g/mol. The smallest absolute Gasteiger partial charge is 0.228 e. The van der Waals surface area contributed by atoms with Crippen LogP contribution in [0.25, 0.3) is 0 Å². The third-order valence-electron chi connectivity index (χ3n) is 3.54. The van der Waals surface area contributed by atoms with E-state index in [1.54, 1.807) is 0 Å². The molecule has 1 aromatic rings. The molecule has 1 N–H and O–H groups in total. The van der Waals surface area contributed by atoms with Gasteiger partial charge in [0, 0.05) is 12.1 Å². The van der Waals surface area contributed by atoms with E-state index >= 15 is 0 Å². The Hall–Kier alpha value is -1.57. The fourth-order valence-corrected chi connectivity index (χ4v) is 2.50. The molecule has 0 atom stereocenters. The zero-order valence-corrected chi connectivity index (χ0v) is 11.0. The molecule has 0 saturated heterocycles. The molecular formula is C16H21NO. The van der Waals surface area contributed by atoms with Crippen LogP contribution in [0.2, 0.25) is 0 Å². The van der Waals surface area contributed by atoms with Crippen LogP contribution >= 0.6 is 0 Å². The van der Waals surface area contributed by atoms with E-state index < -0.39 is 0 Å². The van der Waals surface area contributed by atoms with Gasteiger partial charge in [-0.3, -0.25) is 4.79 Å². The molecule has 1 saturated carbocycles. The highest BCUT2D eigenvalue weighted by atomic mass is 16.1. The summed E-state index contributed by atoms with van der Waals surface area (Å²) in [5, 5.41) is 2.94. The molecule has 1 aliphatic carbocycles. The molecule has 1 aliphatic rings. The first-order chi connectivity index (χ1) is 8.75. The Morgan fingerprint density at radius 1 is 1.11 bits per heavy atom. The lowest BCUT2D eigenvalue weighted by atomic mass is 9.90. The van der Waals surface area contributed by atoms with Crippen molar-refractivity contribution < 1.29 is 4.79 Å². The zero-order chi connectivity index (χ0) is 12.8. The molecule has 96 valence electrons. The summed E-state index contributed by atoms with van der Waals surface area (Å²) >= 11 is 0. The SMILES string of the molecule is CC(CC(=O)Nc1ccccc1)=C1CCCCC1. The van der Waals surface area contributed by atoms with E-state index in [1.807, 2.05) is 30.3 Å². The standard InChI is InChI=1S/C16H21NO/c1-13(14-8-4-2-5-9-14)12-16(18)17-15-10-6-3-7-11-15/h3,6-7,10-11H,2,4-5,8-9,12H2,1H3,(H,17,18). The van der Waals surface area contributed by atoms with Gasteiger partial charge in [0.05, 0.1) is 0 Å². The lowest BCUT2D eigenvalue weighted by Gasteiger charge is -2.17. The topological polar surface area (TPSA) is 29.1 Å². The van der Waals surface area contributed by atoms with E-state index in [9.17, 15) is 4.79 Å². The van der Waals surface area contributed by atoms with Crippen LogP contribution in [0.3, 0.4) is 0 Å². The van der Waals surface area contributed by atoms with Crippen molar-refractivity contribution in [2.75, 3.05) is 5.32 Å². The minimum Gasteiger partial charge on any atom is -0.326 e. The number of carbonyl (C=O) groups is 1. The molecule has 1 fully saturated rings. The highest BCUT2D eigenvalue weighted by molar-refractivity contribution is 5.92. The van der Waals surface area contributed by atoms with Gasteiger partial charge in [0.15, 0.2) is 0 Å². The van der Waals surface area contributed by atoms with Gasteiger partial charge in [0.25, 0.3) is 0 Å². The molecule has 0 aliphatic heterocycles. The highest BCUT2D eigenvalue weighted by Gasteiger charge is 2.11. The second-order valence-corrected chi connectivity index (χ2v) is 5.04. The van der Waals surface area contributed by atoms with E-state index in [4.69, 9.17) is 0 Å². The van der Waals surface area contributed by atoms with Crippen LogP contribution in [-0.2, 0) is 4.79 Å². The van der Waals surface area contributed by atoms with Gasteiger partial charge in [0.2, 0.25) is 5.91 Å². The minimum atomic E-state index is 0.0942. The molecule has 2 rings (SSSR count). The van der Waals surface area contributed by atoms with Crippen molar-refractivity contribution in [3.8, 4) is 0 Å². The minimum absolute atomic E-state index is 0.0942. The van der Waals surface area contributed by atoms with E-state index in [0.29, 0.717) is 6.42 Å². The number of allylic oxidation sites excluding steroid dienone is 1. The van der Waals surface area contributed by atoms with Crippen molar-refractivity contribution in [2.45, 2.75) is 45.4 Å². The number of nitrogens with one attached hydrogen (secondary N) is 1. The second-order valence-electron chi connectivity index (χ2n) is 5.04. The van der Waals surface area contributed by atoms with Crippen molar-refractivity contribution in [3.63, 3.8) is 0 Å². The Morgan fingerprint density at radius 3 is 2.44 bits per heavy atom. The number of para-hydroxylation sites is 1. The molecule has 2 nitrogen and oxygen atoms in total. The van der Waals surface area contributed by atoms with Crippen LogP contribution in [0.5, 0.6) is 0 Å². The van der Waals surface area contributed by atoms with Crippen LogP contribution in [0.1, 0.15) is 45.4 Å². The normalized spacial score (nSPS) is 15.3. The van der Waals surface area contributed by atoms with Gasteiger partial charge in [-0.05, 0) is 44.7 Å². The molecule has 0 radical (unpaired) electrons. The Bertz CT molecular complexity index is 426. The van der Waals surface area contributed by atoms with Crippen molar-refractivity contribution in [1.82, 2.24) is 0 Å². The summed E-state index contributed by atoms with van der Waals surface area (Å²) in [5.41, 5.74) is 3.65. The molecule has 0 unspecified atom stereocenters. The number of carbonyl (C=O) groups excluding carboxylic acids is 1. The van der Waals surface area contributed by atoms with Gasteiger partial charge < -0.3 is 5.32 Å². The third-order valence-corrected chi connectivity index (χ3v) is 3.54. The van der Waals surface area contributed by atoms with Gasteiger partial charge in [0.1, 0.15) is 0 Å². The second kappa shape index (κ2) is 6.39. The summed E-state index contributed by atoms with van der Waals surface area (Å²) in [7, 11) is 0. The third kappa shape index (κ3) is 3.73. The Kier molecular flexibility index (Phi) is 4.57. The zero-order valence-electron chi connectivity index (χ0n) is 11.0. The predicted octanol–water partition coefficient (Wildman–Crippen LogP) is 4.30. The van der Waals surface area contributed by atoms with Crippen molar-refractivity contribution in [1.29, 1.82) is 0 Å². The van der Waals surface area contributed by atoms with E-state index in [-0.39, 0.29) is 5.91 Å². The average Bonchev–Trinajstić information content (AvgIpc) is 2.40. The first kappa shape index (κ1) is 12.9. The van der Waals surface area contributed by atoms with Crippen LogP contribution < -0.4 is 5.32 Å². The van der Waals surface area contributed by atoms with Gasteiger partial charge in [-0.2, -0.15) is 0 Å². The maximum atomic E-state index is 11.9. The Labute approximate surface area is 109 Å². The Balaban J connectivity index is 1.91. The summed E-state index contributed by atoms with van der Waals surface area (Å²) in [4.78, 5) is 11.9. The molecule has 0 aromatic heterocycles. The summed E-state index contributed by atoms with van der Waals surface area (Å²) in [6.45, 7) is 2.10. The maximum absolute atomic E-state index is 11.9. The first-order valence-electron chi connectivity index (χ1n) is 6.78. The van der Waals surface area contributed by atoms with Crippen molar-refractivity contribution in [2.24, 2.45) is 0 Å². The van der Waals surface area contributed by atoms with Crippen molar-refractivity contribution >= 4 is 11.6 Å². The lowest BCUT2D eigenvalue weighted by Crippen LogP contribution is -2.12. The van der Waals surface area contributed by atoms with Crippen LogP contribution in [-0.4, -0.2) is 5.91 Å². The number of amides is 1. The lowest BCUT2D eigenvalue weighted by molar-refractivity contribution is -0.115. The maximum Gasteiger partial charge on any atom is 0.228 e. The summed E-state index contributed by atoms with van der Waals surface area (Å²) in [6.07, 6.45) is 6.81. The molecule has 0 heterocycles. The summed E-state index contributed by atoms with van der Waals surface area (Å²) in [6, 6.07) is 9.65. The van der Waals surface area contributed by atoms with Gasteiger partial charge in [-0.25, -0.2) is 0 Å². The molecule has 0 bridgehead atoms. The number of hydrogen-bond acceptors (Lipinski definition) is 1.